The highest BCUT2D eigenvalue weighted by atomic mass is 16.4. The van der Waals surface area contributed by atoms with Crippen molar-refractivity contribution >= 4 is 11.8 Å². The van der Waals surface area contributed by atoms with Gasteiger partial charge in [0, 0.05) is 19.8 Å². The second kappa shape index (κ2) is 5.49. The maximum absolute atomic E-state index is 11.1. The van der Waals surface area contributed by atoms with Gasteiger partial charge in [0.2, 0.25) is 0 Å². The molecule has 88 valence electrons. The molecule has 0 aliphatic rings. The summed E-state index contributed by atoms with van der Waals surface area (Å²) in [7, 11) is 1.86. The normalized spacial score (nSPS) is 12.5. The van der Waals surface area contributed by atoms with Crippen molar-refractivity contribution in [3.05, 3.63) is 24.4 Å². The fourth-order valence-corrected chi connectivity index (χ4v) is 1.54. The molecule has 1 rings (SSSR count). The van der Waals surface area contributed by atoms with Crippen molar-refractivity contribution in [2.24, 2.45) is 11.8 Å². The third kappa shape index (κ3) is 3.22. The van der Waals surface area contributed by atoms with E-state index in [1.807, 2.05) is 44.0 Å². The van der Waals surface area contributed by atoms with Gasteiger partial charge in [-0.2, -0.15) is 0 Å². The van der Waals surface area contributed by atoms with Gasteiger partial charge in [0.15, 0.2) is 0 Å². The van der Waals surface area contributed by atoms with E-state index in [1.165, 1.54) is 0 Å². The summed E-state index contributed by atoms with van der Waals surface area (Å²) in [4.78, 5) is 17.1. The number of hydrogen-bond acceptors (Lipinski definition) is 3. The van der Waals surface area contributed by atoms with Crippen LogP contribution < -0.4 is 4.90 Å². The van der Waals surface area contributed by atoms with Crippen molar-refractivity contribution in [1.82, 2.24) is 4.98 Å². The van der Waals surface area contributed by atoms with Crippen LogP contribution in [0, 0.1) is 11.8 Å². The molecule has 16 heavy (non-hydrogen) atoms. The smallest absolute Gasteiger partial charge is 0.308 e. The Morgan fingerprint density at radius 1 is 1.50 bits per heavy atom. The van der Waals surface area contributed by atoms with Crippen molar-refractivity contribution in [2.45, 2.75) is 13.8 Å². The first-order valence-electron chi connectivity index (χ1n) is 5.37. The molecule has 4 heteroatoms. The average molecular weight is 222 g/mol. The Morgan fingerprint density at radius 2 is 2.19 bits per heavy atom. The third-order valence-electron chi connectivity index (χ3n) is 2.63. The maximum Gasteiger partial charge on any atom is 0.308 e. The van der Waals surface area contributed by atoms with Crippen LogP contribution in [-0.2, 0) is 4.79 Å². The van der Waals surface area contributed by atoms with Gasteiger partial charge in [0.1, 0.15) is 5.82 Å². The lowest BCUT2D eigenvalue weighted by Gasteiger charge is -2.24. The summed E-state index contributed by atoms with van der Waals surface area (Å²) < 4.78 is 0. The lowest BCUT2D eigenvalue weighted by molar-refractivity contribution is -0.142. The molecule has 0 aliphatic heterocycles. The van der Waals surface area contributed by atoms with E-state index in [2.05, 4.69) is 4.98 Å². The zero-order valence-corrected chi connectivity index (χ0v) is 9.92. The maximum atomic E-state index is 11.1. The topological polar surface area (TPSA) is 53.4 Å². The quantitative estimate of drug-likeness (QED) is 0.826. The summed E-state index contributed by atoms with van der Waals surface area (Å²) in [5, 5.41) is 9.09. The number of anilines is 1. The van der Waals surface area contributed by atoms with Gasteiger partial charge in [0.05, 0.1) is 5.92 Å². The minimum absolute atomic E-state index is 0.115. The van der Waals surface area contributed by atoms with E-state index < -0.39 is 5.97 Å². The Labute approximate surface area is 95.9 Å². The van der Waals surface area contributed by atoms with E-state index in [0.717, 1.165) is 5.82 Å². The van der Waals surface area contributed by atoms with Gasteiger partial charge in [-0.1, -0.05) is 19.9 Å². The molecule has 1 aromatic heterocycles. The highest BCUT2D eigenvalue weighted by Crippen LogP contribution is 2.15. The number of aliphatic carboxylic acids is 1. The number of hydrogen-bond donors (Lipinski definition) is 1. The SMILES string of the molecule is CC(C)C(CN(C)c1ccccn1)C(=O)O. The molecule has 1 N–H and O–H groups in total. The van der Waals surface area contributed by atoms with Crippen LogP contribution in [0.5, 0.6) is 0 Å². The molecule has 0 aromatic carbocycles. The Balaban J connectivity index is 2.69. The first-order valence-corrected chi connectivity index (χ1v) is 5.37. The summed E-state index contributed by atoms with van der Waals surface area (Å²) in [5.41, 5.74) is 0. The second-order valence-corrected chi connectivity index (χ2v) is 4.26. The lowest BCUT2D eigenvalue weighted by Crippen LogP contribution is -2.33. The van der Waals surface area contributed by atoms with Crippen LogP contribution in [0.25, 0.3) is 0 Å². The van der Waals surface area contributed by atoms with Crippen LogP contribution >= 0.6 is 0 Å². The Morgan fingerprint density at radius 3 is 2.62 bits per heavy atom. The molecular formula is C12H18N2O2. The Kier molecular flexibility index (Phi) is 4.28. The molecule has 0 bridgehead atoms. The van der Waals surface area contributed by atoms with Crippen LogP contribution in [0.2, 0.25) is 0 Å². The molecular weight excluding hydrogens is 204 g/mol. The highest BCUT2D eigenvalue weighted by molar-refractivity contribution is 5.71. The largest absolute Gasteiger partial charge is 0.481 e. The zero-order chi connectivity index (χ0) is 12.1. The number of carboxylic acid groups (broad SMARTS) is 1. The number of pyridine rings is 1. The highest BCUT2D eigenvalue weighted by Gasteiger charge is 2.23. The van der Waals surface area contributed by atoms with Crippen LogP contribution in [-0.4, -0.2) is 29.7 Å². The van der Waals surface area contributed by atoms with Crippen molar-refractivity contribution in [3.63, 3.8) is 0 Å². The molecule has 0 saturated heterocycles. The van der Waals surface area contributed by atoms with E-state index in [0.29, 0.717) is 6.54 Å². The molecule has 4 nitrogen and oxygen atoms in total. The van der Waals surface area contributed by atoms with Crippen LogP contribution in [0.4, 0.5) is 5.82 Å². The number of aromatic nitrogens is 1. The molecule has 0 radical (unpaired) electrons. The summed E-state index contributed by atoms with van der Waals surface area (Å²) in [5.74, 6) is -0.206. The average Bonchev–Trinajstić information content (AvgIpc) is 2.25. The molecule has 0 saturated carbocycles. The minimum atomic E-state index is -0.752. The van der Waals surface area contributed by atoms with Crippen LogP contribution in [0.15, 0.2) is 24.4 Å². The summed E-state index contributed by atoms with van der Waals surface area (Å²) >= 11 is 0. The van der Waals surface area contributed by atoms with Gasteiger partial charge >= 0.3 is 5.97 Å². The van der Waals surface area contributed by atoms with E-state index in [9.17, 15) is 4.79 Å². The van der Waals surface area contributed by atoms with Crippen molar-refractivity contribution in [2.75, 3.05) is 18.5 Å². The minimum Gasteiger partial charge on any atom is -0.481 e. The monoisotopic (exact) mass is 222 g/mol. The van der Waals surface area contributed by atoms with Crippen molar-refractivity contribution in [3.8, 4) is 0 Å². The van der Waals surface area contributed by atoms with Gasteiger partial charge in [-0.3, -0.25) is 4.79 Å². The molecule has 0 fully saturated rings. The predicted octanol–water partition coefficient (Wildman–Crippen LogP) is 1.87. The predicted molar refractivity (Wildman–Crippen MR) is 63.5 cm³/mol. The molecule has 1 aromatic rings. The van der Waals surface area contributed by atoms with Crippen molar-refractivity contribution < 1.29 is 9.90 Å². The fraction of sp³-hybridized carbons (Fsp3) is 0.500. The summed E-state index contributed by atoms with van der Waals surface area (Å²) in [6, 6.07) is 5.61. The van der Waals surface area contributed by atoms with Gasteiger partial charge in [-0.25, -0.2) is 4.98 Å². The number of carboxylic acids is 1. The Bertz CT molecular complexity index is 338. The van der Waals surface area contributed by atoms with E-state index in [1.54, 1.807) is 6.20 Å². The van der Waals surface area contributed by atoms with Gasteiger partial charge < -0.3 is 10.0 Å². The fourth-order valence-electron chi connectivity index (χ4n) is 1.54. The molecule has 0 spiro atoms. The second-order valence-electron chi connectivity index (χ2n) is 4.26. The standard InChI is InChI=1S/C12H18N2O2/c1-9(2)10(12(15)16)8-14(3)11-6-4-5-7-13-11/h4-7,9-10H,8H2,1-3H3,(H,15,16). The van der Waals surface area contributed by atoms with Crippen LogP contribution in [0.1, 0.15) is 13.8 Å². The van der Waals surface area contributed by atoms with E-state index in [4.69, 9.17) is 5.11 Å². The third-order valence-corrected chi connectivity index (χ3v) is 2.63. The van der Waals surface area contributed by atoms with E-state index in [-0.39, 0.29) is 11.8 Å². The van der Waals surface area contributed by atoms with Gasteiger partial charge in [-0.15, -0.1) is 0 Å². The number of nitrogens with zero attached hydrogens (tertiary/aromatic N) is 2. The number of carbonyl (C=O) groups is 1. The molecule has 1 atom stereocenters. The first kappa shape index (κ1) is 12.5. The number of rotatable bonds is 5. The molecule has 0 aliphatic carbocycles. The molecule has 1 heterocycles. The van der Waals surface area contributed by atoms with Gasteiger partial charge in [0.25, 0.3) is 0 Å². The lowest BCUT2D eigenvalue weighted by atomic mass is 9.95. The van der Waals surface area contributed by atoms with Crippen molar-refractivity contribution in [1.29, 1.82) is 0 Å². The molecule has 0 amide bonds. The molecule has 1 unspecified atom stereocenters. The zero-order valence-electron chi connectivity index (χ0n) is 9.92. The first-order chi connectivity index (χ1) is 7.52. The van der Waals surface area contributed by atoms with Crippen LogP contribution in [0.3, 0.4) is 0 Å². The van der Waals surface area contributed by atoms with E-state index >= 15 is 0 Å². The van der Waals surface area contributed by atoms with Gasteiger partial charge in [-0.05, 0) is 18.1 Å². The Hall–Kier alpha value is -1.58. The summed E-state index contributed by atoms with van der Waals surface area (Å²) in [6.45, 7) is 4.32. The summed E-state index contributed by atoms with van der Waals surface area (Å²) in [6.07, 6.45) is 1.71.